The van der Waals surface area contributed by atoms with Crippen LogP contribution in [0.25, 0.3) is 0 Å². The Kier molecular flexibility index (Phi) is 4.36. The van der Waals surface area contributed by atoms with Gasteiger partial charge >= 0.3 is 5.97 Å². The van der Waals surface area contributed by atoms with Crippen LogP contribution in [0.1, 0.15) is 13.8 Å². The Labute approximate surface area is 91.3 Å². The molecule has 1 heterocycles. The van der Waals surface area contributed by atoms with Gasteiger partial charge in [0.05, 0.1) is 11.9 Å². The molecular formula is C9H12N2O3S. The number of ether oxygens (including phenoxy) is 1. The van der Waals surface area contributed by atoms with E-state index in [1.165, 1.54) is 12.3 Å². The zero-order chi connectivity index (χ0) is 11.3. The first-order valence-electron chi connectivity index (χ1n) is 4.45. The highest BCUT2D eigenvalue weighted by Gasteiger charge is 2.07. The lowest BCUT2D eigenvalue weighted by atomic mass is 10.5. The van der Waals surface area contributed by atoms with Crippen molar-refractivity contribution in [3.8, 4) is 0 Å². The van der Waals surface area contributed by atoms with Crippen LogP contribution in [0.15, 0.2) is 22.2 Å². The number of H-pyrrole nitrogens is 1. The molecule has 15 heavy (non-hydrogen) atoms. The van der Waals surface area contributed by atoms with E-state index in [9.17, 15) is 9.59 Å². The van der Waals surface area contributed by atoms with Gasteiger partial charge in [0.15, 0.2) is 5.16 Å². The molecule has 1 aromatic heterocycles. The van der Waals surface area contributed by atoms with Crippen LogP contribution in [-0.4, -0.2) is 27.8 Å². The monoisotopic (exact) mass is 228 g/mol. The van der Waals surface area contributed by atoms with Crippen molar-refractivity contribution < 1.29 is 9.53 Å². The van der Waals surface area contributed by atoms with Gasteiger partial charge in [-0.1, -0.05) is 11.8 Å². The normalized spacial score (nSPS) is 10.3. The molecule has 0 aliphatic heterocycles. The summed E-state index contributed by atoms with van der Waals surface area (Å²) in [5.74, 6) is -0.174. The van der Waals surface area contributed by atoms with E-state index >= 15 is 0 Å². The highest BCUT2D eigenvalue weighted by molar-refractivity contribution is 7.99. The predicted octanol–water partition coefficient (Wildman–Crippen LogP) is 0.814. The van der Waals surface area contributed by atoms with Gasteiger partial charge in [-0.25, -0.2) is 4.98 Å². The molecule has 0 aliphatic carbocycles. The van der Waals surface area contributed by atoms with Gasteiger partial charge in [0.2, 0.25) is 0 Å². The molecule has 5 nitrogen and oxygen atoms in total. The summed E-state index contributed by atoms with van der Waals surface area (Å²) in [5.41, 5.74) is -0.232. The maximum absolute atomic E-state index is 11.1. The Morgan fingerprint density at radius 1 is 1.67 bits per heavy atom. The van der Waals surface area contributed by atoms with E-state index in [1.54, 1.807) is 13.8 Å². The molecule has 0 aromatic carbocycles. The van der Waals surface area contributed by atoms with Gasteiger partial charge in [-0.15, -0.1) is 0 Å². The molecule has 0 atom stereocenters. The number of hydrogen-bond donors (Lipinski definition) is 1. The van der Waals surface area contributed by atoms with Crippen LogP contribution in [0.4, 0.5) is 0 Å². The maximum Gasteiger partial charge on any atom is 0.316 e. The van der Waals surface area contributed by atoms with E-state index in [2.05, 4.69) is 9.97 Å². The minimum absolute atomic E-state index is 0.124. The van der Waals surface area contributed by atoms with Crippen LogP contribution in [0.2, 0.25) is 0 Å². The van der Waals surface area contributed by atoms with Crippen LogP contribution in [0, 0.1) is 0 Å². The SMILES string of the molecule is CC(C)OC(=O)CSc1nccc(=O)[nH]1. The first kappa shape index (κ1) is 11.8. The van der Waals surface area contributed by atoms with E-state index in [1.807, 2.05) is 0 Å². The number of thioether (sulfide) groups is 1. The van der Waals surface area contributed by atoms with Gasteiger partial charge in [0.25, 0.3) is 5.56 Å². The Morgan fingerprint density at radius 2 is 2.40 bits per heavy atom. The van der Waals surface area contributed by atoms with E-state index in [4.69, 9.17) is 4.74 Å². The van der Waals surface area contributed by atoms with Gasteiger partial charge in [0.1, 0.15) is 0 Å². The minimum Gasteiger partial charge on any atom is -0.462 e. The Morgan fingerprint density at radius 3 is 3.00 bits per heavy atom. The molecule has 1 aromatic rings. The summed E-state index contributed by atoms with van der Waals surface area (Å²) in [7, 11) is 0. The summed E-state index contributed by atoms with van der Waals surface area (Å²) >= 11 is 1.14. The molecule has 0 fully saturated rings. The molecule has 1 rings (SSSR count). The molecule has 6 heteroatoms. The van der Waals surface area contributed by atoms with Crippen molar-refractivity contribution in [2.75, 3.05) is 5.75 Å². The molecular weight excluding hydrogens is 216 g/mol. The Bertz CT molecular complexity index is 389. The summed E-state index contributed by atoms with van der Waals surface area (Å²) in [6.45, 7) is 3.57. The van der Waals surface area contributed by atoms with E-state index in [0.717, 1.165) is 11.8 Å². The number of carbonyl (C=O) groups is 1. The molecule has 0 radical (unpaired) electrons. The fourth-order valence-electron chi connectivity index (χ4n) is 0.850. The lowest BCUT2D eigenvalue weighted by molar-refractivity contribution is -0.144. The average molecular weight is 228 g/mol. The van der Waals surface area contributed by atoms with Crippen LogP contribution in [0.3, 0.4) is 0 Å². The van der Waals surface area contributed by atoms with Gasteiger partial charge in [0, 0.05) is 12.3 Å². The van der Waals surface area contributed by atoms with Crippen molar-refractivity contribution in [3.05, 3.63) is 22.6 Å². The molecule has 0 bridgehead atoms. The number of aromatic amines is 1. The molecule has 0 spiro atoms. The number of esters is 1. The second-order valence-electron chi connectivity index (χ2n) is 3.07. The molecule has 0 amide bonds. The van der Waals surface area contributed by atoms with Crippen molar-refractivity contribution in [2.24, 2.45) is 0 Å². The summed E-state index contributed by atoms with van der Waals surface area (Å²) in [6.07, 6.45) is 1.27. The third kappa shape index (κ3) is 4.64. The third-order valence-corrected chi connectivity index (χ3v) is 2.20. The van der Waals surface area contributed by atoms with Crippen molar-refractivity contribution in [1.82, 2.24) is 9.97 Å². The van der Waals surface area contributed by atoms with Crippen molar-refractivity contribution in [2.45, 2.75) is 25.1 Å². The summed E-state index contributed by atoms with van der Waals surface area (Å²) in [4.78, 5) is 28.4. The van der Waals surface area contributed by atoms with E-state index in [0.29, 0.717) is 5.16 Å². The highest BCUT2D eigenvalue weighted by atomic mass is 32.2. The molecule has 0 aliphatic rings. The first-order valence-corrected chi connectivity index (χ1v) is 5.44. The molecule has 0 saturated heterocycles. The number of nitrogens with zero attached hydrogens (tertiary/aromatic N) is 1. The number of aromatic nitrogens is 2. The maximum atomic E-state index is 11.1. The van der Waals surface area contributed by atoms with Gasteiger partial charge in [-0.2, -0.15) is 0 Å². The standard InChI is InChI=1S/C9H12N2O3S/c1-6(2)14-8(13)5-15-9-10-4-3-7(12)11-9/h3-4,6H,5H2,1-2H3,(H,10,11,12). The molecule has 1 N–H and O–H groups in total. The Hall–Kier alpha value is -1.30. The molecule has 0 saturated carbocycles. The number of rotatable bonds is 4. The first-order chi connectivity index (χ1) is 7.08. The van der Waals surface area contributed by atoms with E-state index < -0.39 is 0 Å². The molecule has 82 valence electrons. The van der Waals surface area contributed by atoms with Crippen molar-refractivity contribution in [1.29, 1.82) is 0 Å². The second-order valence-corrected chi connectivity index (χ2v) is 4.03. The van der Waals surface area contributed by atoms with Crippen LogP contribution in [-0.2, 0) is 9.53 Å². The van der Waals surface area contributed by atoms with Gasteiger partial charge in [-0.05, 0) is 13.8 Å². The van der Waals surface area contributed by atoms with Gasteiger partial charge < -0.3 is 9.72 Å². The third-order valence-electron chi connectivity index (χ3n) is 1.34. The zero-order valence-electron chi connectivity index (χ0n) is 8.52. The lowest BCUT2D eigenvalue weighted by Gasteiger charge is -2.06. The molecule has 0 unspecified atom stereocenters. The quantitative estimate of drug-likeness (QED) is 0.469. The number of carbonyl (C=O) groups excluding carboxylic acids is 1. The zero-order valence-corrected chi connectivity index (χ0v) is 9.34. The largest absolute Gasteiger partial charge is 0.462 e. The van der Waals surface area contributed by atoms with Crippen LogP contribution >= 0.6 is 11.8 Å². The fourth-order valence-corrected chi connectivity index (χ4v) is 1.48. The van der Waals surface area contributed by atoms with E-state index in [-0.39, 0.29) is 23.4 Å². The Balaban J connectivity index is 2.44. The summed E-state index contributed by atoms with van der Waals surface area (Å²) in [5, 5.41) is 0.420. The van der Waals surface area contributed by atoms with Crippen molar-refractivity contribution >= 4 is 17.7 Å². The topological polar surface area (TPSA) is 72.0 Å². The van der Waals surface area contributed by atoms with Gasteiger partial charge in [-0.3, -0.25) is 9.59 Å². The van der Waals surface area contributed by atoms with Crippen LogP contribution < -0.4 is 5.56 Å². The number of nitrogens with one attached hydrogen (secondary N) is 1. The minimum atomic E-state index is -0.318. The second kappa shape index (κ2) is 5.55. The smallest absolute Gasteiger partial charge is 0.316 e. The summed E-state index contributed by atoms with van der Waals surface area (Å²) < 4.78 is 4.92. The predicted molar refractivity (Wildman–Crippen MR) is 56.8 cm³/mol. The number of hydrogen-bond acceptors (Lipinski definition) is 5. The van der Waals surface area contributed by atoms with Crippen LogP contribution in [0.5, 0.6) is 0 Å². The summed E-state index contributed by atoms with van der Waals surface area (Å²) in [6, 6.07) is 1.32. The average Bonchev–Trinajstić information content (AvgIpc) is 2.14. The highest BCUT2D eigenvalue weighted by Crippen LogP contribution is 2.10. The van der Waals surface area contributed by atoms with Crippen molar-refractivity contribution in [3.63, 3.8) is 0 Å². The fraction of sp³-hybridized carbons (Fsp3) is 0.444. The lowest BCUT2D eigenvalue weighted by Crippen LogP contribution is -2.14.